The van der Waals surface area contributed by atoms with E-state index >= 15 is 0 Å². The molecule has 1 aromatic carbocycles. The first-order valence-corrected chi connectivity index (χ1v) is 8.03. The van der Waals surface area contributed by atoms with Gasteiger partial charge in [0.2, 0.25) is 5.91 Å². The van der Waals surface area contributed by atoms with Gasteiger partial charge < -0.3 is 25.8 Å². The third kappa shape index (κ3) is 3.97. The summed E-state index contributed by atoms with van der Waals surface area (Å²) in [5.41, 5.74) is 6.69. The van der Waals surface area contributed by atoms with Crippen molar-refractivity contribution in [1.29, 1.82) is 0 Å². The molecule has 25 heavy (non-hydrogen) atoms. The number of carbonyl (C=O) groups excluding carboxylic acids is 1. The number of carboxylic acid groups (broad SMARTS) is 1. The van der Waals surface area contributed by atoms with Crippen LogP contribution in [0.5, 0.6) is 0 Å². The van der Waals surface area contributed by atoms with E-state index in [0.717, 1.165) is 16.3 Å². The maximum absolute atomic E-state index is 12.7. The number of nitrogens with two attached hydrogens (primary N) is 1. The van der Waals surface area contributed by atoms with Crippen LogP contribution in [0.3, 0.4) is 0 Å². The molecule has 0 bridgehead atoms. The molecule has 1 fully saturated rings. The third-order valence-electron chi connectivity index (χ3n) is 4.22. The summed E-state index contributed by atoms with van der Waals surface area (Å²) in [6.45, 7) is 1.87. The van der Waals surface area contributed by atoms with Gasteiger partial charge >= 0.3 is 6.09 Å². The van der Waals surface area contributed by atoms with E-state index in [1.165, 1.54) is 0 Å². The Morgan fingerprint density at radius 3 is 2.80 bits per heavy atom. The summed E-state index contributed by atoms with van der Waals surface area (Å²) in [7, 11) is 0. The summed E-state index contributed by atoms with van der Waals surface area (Å²) in [5.74, 6) is 0.202. The Morgan fingerprint density at radius 1 is 1.32 bits per heavy atom. The highest BCUT2D eigenvalue weighted by Crippen LogP contribution is 2.21. The Balaban J connectivity index is 1.82. The van der Waals surface area contributed by atoms with Gasteiger partial charge in [0.05, 0.1) is 13.2 Å². The molecule has 0 saturated carbocycles. The first-order chi connectivity index (χ1) is 12.0. The van der Waals surface area contributed by atoms with Gasteiger partial charge in [-0.15, -0.1) is 0 Å². The van der Waals surface area contributed by atoms with E-state index in [2.05, 4.69) is 10.3 Å². The zero-order valence-corrected chi connectivity index (χ0v) is 13.6. The molecule has 1 aliphatic heterocycles. The van der Waals surface area contributed by atoms with E-state index in [0.29, 0.717) is 32.1 Å². The molecule has 1 atom stereocenters. The number of nitrogens with one attached hydrogen (secondary N) is 1. The summed E-state index contributed by atoms with van der Waals surface area (Å²) < 4.78 is 5.24. The van der Waals surface area contributed by atoms with E-state index in [1.54, 1.807) is 11.1 Å². The number of nitrogens with zero attached hydrogens (tertiary/aromatic N) is 2. The molecule has 8 heteroatoms. The maximum Gasteiger partial charge on any atom is 0.405 e. The number of anilines is 1. The van der Waals surface area contributed by atoms with Gasteiger partial charge in [-0.2, -0.15) is 0 Å². The number of carbonyl (C=O) groups is 2. The summed E-state index contributed by atoms with van der Waals surface area (Å²) in [4.78, 5) is 29.5. The molecule has 3 rings (SSSR count). The summed E-state index contributed by atoms with van der Waals surface area (Å²) >= 11 is 0. The van der Waals surface area contributed by atoms with Gasteiger partial charge in [-0.05, 0) is 17.0 Å². The number of morpholine rings is 1. The van der Waals surface area contributed by atoms with E-state index in [1.807, 2.05) is 24.3 Å². The lowest BCUT2D eigenvalue weighted by atomic mass is 10.0. The van der Waals surface area contributed by atoms with Crippen LogP contribution in [-0.4, -0.2) is 59.3 Å². The normalized spacial score (nSPS) is 15.8. The average Bonchev–Trinajstić information content (AvgIpc) is 2.61. The Kier molecular flexibility index (Phi) is 4.99. The largest absolute Gasteiger partial charge is 0.465 e. The summed E-state index contributed by atoms with van der Waals surface area (Å²) in [6, 6.07) is 6.56. The number of amides is 2. The topological polar surface area (TPSA) is 118 Å². The van der Waals surface area contributed by atoms with Crippen LogP contribution < -0.4 is 11.1 Å². The number of aromatic nitrogens is 1. The zero-order valence-electron chi connectivity index (χ0n) is 13.6. The lowest BCUT2D eigenvalue weighted by Gasteiger charge is -2.30. The number of benzene rings is 1. The van der Waals surface area contributed by atoms with Crippen LogP contribution in [0.15, 0.2) is 30.5 Å². The fourth-order valence-electron chi connectivity index (χ4n) is 2.97. The van der Waals surface area contributed by atoms with Gasteiger partial charge in [0, 0.05) is 31.1 Å². The molecule has 4 N–H and O–H groups in total. The molecule has 2 aromatic rings. The molecule has 1 aliphatic rings. The van der Waals surface area contributed by atoms with E-state index in [-0.39, 0.29) is 12.3 Å². The van der Waals surface area contributed by atoms with E-state index in [4.69, 9.17) is 15.6 Å². The van der Waals surface area contributed by atoms with Crippen LogP contribution in [0, 0.1) is 0 Å². The van der Waals surface area contributed by atoms with Crippen LogP contribution in [-0.2, 0) is 16.0 Å². The van der Waals surface area contributed by atoms with Crippen molar-refractivity contribution in [2.24, 2.45) is 0 Å². The number of hydrogen-bond acceptors (Lipinski definition) is 5. The van der Waals surface area contributed by atoms with Crippen molar-refractivity contribution < 1.29 is 19.4 Å². The Hall–Kier alpha value is -2.87. The predicted octanol–water partition coefficient (Wildman–Crippen LogP) is 0.855. The SMILES string of the molecule is Nc1nccc2cc(CC(NC(=O)O)C(=O)N3CCOCC3)ccc12. The fraction of sp³-hybridized carbons (Fsp3) is 0.353. The highest BCUT2D eigenvalue weighted by Gasteiger charge is 2.27. The lowest BCUT2D eigenvalue weighted by molar-refractivity contribution is -0.137. The Morgan fingerprint density at radius 2 is 2.08 bits per heavy atom. The number of ether oxygens (including phenoxy) is 1. The Labute approximate surface area is 144 Å². The van der Waals surface area contributed by atoms with Crippen molar-refractivity contribution in [1.82, 2.24) is 15.2 Å². The standard InChI is InChI=1S/C17H20N4O4/c18-15-13-2-1-11(9-12(13)3-4-19-15)10-14(20-17(23)24)16(22)21-5-7-25-8-6-21/h1-4,9,14,20H,5-8,10H2,(H2,18,19)(H,23,24). The van der Waals surface area contributed by atoms with Crippen LogP contribution in [0.2, 0.25) is 0 Å². The van der Waals surface area contributed by atoms with Crippen molar-refractivity contribution in [2.45, 2.75) is 12.5 Å². The second-order valence-corrected chi connectivity index (χ2v) is 5.90. The first kappa shape index (κ1) is 17.0. The van der Waals surface area contributed by atoms with E-state index in [9.17, 15) is 9.59 Å². The molecule has 1 aromatic heterocycles. The van der Waals surface area contributed by atoms with Crippen molar-refractivity contribution in [3.05, 3.63) is 36.0 Å². The molecular formula is C17H20N4O4. The average molecular weight is 344 g/mol. The van der Waals surface area contributed by atoms with Gasteiger partial charge in [-0.25, -0.2) is 9.78 Å². The zero-order chi connectivity index (χ0) is 17.8. The molecule has 0 radical (unpaired) electrons. The van der Waals surface area contributed by atoms with Crippen molar-refractivity contribution >= 4 is 28.6 Å². The third-order valence-corrected chi connectivity index (χ3v) is 4.22. The number of rotatable bonds is 4. The van der Waals surface area contributed by atoms with Gasteiger partial charge in [-0.1, -0.05) is 18.2 Å². The second kappa shape index (κ2) is 7.35. The van der Waals surface area contributed by atoms with Crippen molar-refractivity contribution in [3.8, 4) is 0 Å². The fourth-order valence-corrected chi connectivity index (χ4v) is 2.97. The van der Waals surface area contributed by atoms with Gasteiger partial charge in [0.25, 0.3) is 0 Å². The van der Waals surface area contributed by atoms with Gasteiger partial charge in [-0.3, -0.25) is 4.79 Å². The molecule has 2 heterocycles. The smallest absolute Gasteiger partial charge is 0.405 e. The molecule has 8 nitrogen and oxygen atoms in total. The van der Waals surface area contributed by atoms with Gasteiger partial charge in [0.15, 0.2) is 0 Å². The quantitative estimate of drug-likeness (QED) is 0.757. The van der Waals surface area contributed by atoms with Crippen molar-refractivity contribution in [2.75, 3.05) is 32.0 Å². The minimum atomic E-state index is -1.22. The number of pyridine rings is 1. The first-order valence-electron chi connectivity index (χ1n) is 8.03. The molecule has 1 saturated heterocycles. The minimum absolute atomic E-state index is 0.236. The molecular weight excluding hydrogens is 324 g/mol. The molecule has 1 unspecified atom stereocenters. The van der Waals surface area contributed by atoms with Crippen LogP contribution in [0.25, 0.3) is 10.8 Å². The predicted molar refractivity (Wildman–Crippen MR) is 92.2 cm³/mol. The lowest BCUT2D eigenvalue weighted by Crippen LogP contribution is -2.52. The van der Waals surface area contributed by atoms with E-state index < -0.39 is 12.1 Å². The minimum Gasteiger partial charge on any atom is -0.465 e. The number of fused-ring (bicyclic) bond motifs is 1. The van der Waals surface area contributed by atoms with Gasteiger partial charge in [0.1, 0.15) is 11.9 Å². The van der Waals surface area contributed by atoms with Crippen LogP contribution in [0.4, 0.5) is 10.6 Å². The van der Waals surface area contributed by atoms with Crippen LogP contribution >= 0.6 is 0 Å². The Bertz CT molecular complexity index is 789. The molecule has 2 amide bonds. The maximum atomic E-state index is 12.7. The van der Waals surface area contributed by atoms with Crippen molar-refractivity contribution in [3.63, 3.8) is 0 Å². The summed E-state index contributed by atoms with van der Waals surface area (Å²) in [6.07, 6.45) is 0.661. The number of hydrogen-bond donors (Lipinski definition) is 3. The molecule has 132 valence electrons. The highest BCUT2D eigenvalue weighted by atomic mass is 16.5. The second-order valence-electron chi connectivity index (χ2n) is 5.90. The molecule has 0 spiro atoms. The van der Waals surface area contributed by atoms with Crippen LogP contribution in [0.1, 0.15) is 5.56 Å². The molecule has 0 aliphatic carbocycles. The monoisotopic (exact) mass is 344 g/mol. The number of nitrogen functional groups attached to an aromatic ring is 1. The summed E-state index contributed by atoms with van der Waals surface area (Å²) in [5, 5.41) is 13.1. The highest BCUT2D eigenvalue weighted by molar-refractivity contribution is 5.91.